The van der Waals surface area contributed by atoms with Crippen LogP contribution >= 0.6 is 0 Å². The zero-order valence-electron chi connectivity index (χ0n) is 21.5. The average Bonchev–Trinajstić information content (AvgIpc) is 3.54. The zero-order valence-corrected chi connectivity index (χ0v) is 21.5. The van der Waals surface area contributed by atoms with Crippen LogP contribution in [0.2, 0.25) is 0 Å². The molecule has 1 spiro atoms. The Morgan fingerprint density at radius 3 is 2.33 bits per heavy atom. The average molecular weight is 493 g/mol. The van der Waals surface area contributed by atoms with Gasteiger partial charge in [-0.3, -0.25) is 24.1 Å². The first-order chi connectivity index (χ1) is 17.1. The van der Waals surface area contributed by atoms with Crippen molar-refractivity contribution in [1.29, 1.82) is 0 Å². The number of carbonyl (C=O) groups is 4. The number of ketones is 1. The van der Waals surface area contributed by atoms with E-state index in [-0.39, 0.29) is 35.3 Å². The van der Waals surface area contributed by atoms with Gasteiger partial charge in [-0.15, -0.1) is 0 Å². The predicted molar refractivity (Wildman–Crippen MR) is 134 cm³/mol. The van der Waals surface area contributed by atoms with Crippen LogP contribution < -0.4 is 5.32 Å². The number of hydrogen-bond donors (Lipinski definition) is 2. The summed E-state index contributed by atoms with van der Waals surface area (Å²) in [6.07, 6.45) is 11.0. The number of aliphatic hydroxyl groups is 1. The second-order valence-electron chi connectivity index (χ2n) is 11.4. The summed E-state index contributed by atoms with van der Waals surface area (Å²) >= 11 is 0. The van der Waals surface area contributed by atoms with Gasteiger partial charge in [-0.2, -0.15) is 0 Å². The van der Waals surface area contributed by atoms with E-state index in [1.54, 1.807) is 6.92 Å². The minimum absolute atomic E-state index is 0.0251. The Morgan fingerprint density at radius 2 is 1.72 bits per heavy atom. The number of fused-ring (bicyclic) bond motifs is 1. The number of amides is 3. The molecule has 5 rings (SSSR count). The molecule has 0 radical (unpaired) electrons. The Bertz CT molecular complexity index is 1140. The van der Waals surface area contributed by atoms with Crippen molar-refractivity contribution in [2.75, 3.05) is 13.1 Å². The molecule has 2 saturated carbocycles. The van der Waals surface area contributed by atoms with E-state index in [0.717, 1.165) is 68.1 Å². The molecule has 2 fully saturated rings. The summed E-state index contributed by atoms with van der Waals surface area (Å²) in [5.41, 5.74) is 3.34. The minimum Gasteiger partial charge on any atom is -0.381 e. The first-order valence-electron chi connectivity index (χ1n) is 13.3. The maximum Gasteiger partial charge on any atom is 0.253 e. The summed E-state index contributed by atoms with van der Waals surface area (Å²) in [5, 5.41) is 14.1. The third-order valence-corrected chi connectivity index (χ3v) is 9.33. The van der Waals surface area contributed by atoms with E-state index in [1.807, 2.05) is 13.0 Å². The highest BCUT2D eigenvalue weighted by Crippen LogP contribution is 2.65. The summed E-state index contributed by atoms with van der Waals surface area (Å²) in [6.45, 7) is 6.79. The SMILES string of the molecule is CC1=C(CCCNC(=O)C2CCC(CN3C(=O)C=CC3=O)CC2)C2=C(C)C3(CC3)[C@@](C)(O)C(=O)C2=C1. The molecule has 1 aliphatic heterocycles. The molecule has 4 aliphatic carbocycles. The maximum absolute atomic E-state index is 13.1. The van der Waals surface area contributed by atoms with Crippen molar-refractivity contribution in [3.63, 3.8) is 0 Å². The fourth-order valence-corrected chi connectivity index (χ4v) is 6.83. The van der Waals surface area contributed by atoms with Gasteiger partial charge in [0.1, 0.15) is 5.60 Å². The van der Waals surface area contributed by atoms with Crippen LogP contribution in [0.4, 0.5) is 0 Å². The number of carbonyl (C=O) groups excluding carboxylic acids is 4. The van der Waals surface area contributed by atoms with Gasteiger partial charge >= 0.3 is 0 Å². The molecule has 1 atom stereocenters. The summed E-state index contributed by atoms with van der Waals surface area (Å²) in [7, 11) is 0. The third-order valence-electron chi connectivity index (χ3n) is 9.33. The van der Waals surface area contributed by atoms with Crippen molar-refractivity contribution >= 4 is 23.5 Å². The molecule has 192 valence electrons. The van der Waals surface area contributed by atoms with Gasteiger partial charge in [-0.05, 0) is 101 Å². The smallest absolute Gasteiger partial charge is 0.253 e. The Morgan fingerprint density at radius 1 is 1.08 bits per heavy atom. The Hall–Kier alpha value is -2.80. The predicted octanol–water partition coefficient (Wildman–Crippen LogP) is 3.30. The van der Waals surface area contributed by atoms with Crippen molar-refractivity contribution in [3.8, 4) is 0 Å². The largest absolute Gasteiger partial charge is 0.381 e. The van der Waals surface area contributed by atoms with Crippen molar-refractivity contribution in [1.82, 2.24) is 10.2 Å². The van der Waals surface area contributed by atoms with Gasteiger partial charge in [0.15, 0.2) is 5.78 Å². The van der Waals surface area contributed by atoms with Gasteiger partial charge in [-0.1, -0.05) is 5.57 Å². The zero-order chi connectivity index (χ0) is 25.8. The van der Waals surface area contributed by atoms with Crippen LogP contribution in [0.3, 0.4) is 0 Å². The number of rotatable bonds is 7. The molecule has 3 amide bonds. The van der Waals surface area contributed by atoms with Gasteiger partial charge in [0.25, 0.3) is 11.8 Å². The van der Waals surface area contributed by atoms with Gasteiger partial charge in [0, 0.05) is 42.1 Å². The van der Waals surface area contributed by atoms with Gasteiger partial charge < -0.3 is 10.4 Å². The second kappa shape index (κ2) is 8.94. The third kappa shape index (κ3) is 3.92. The fraction of sp³-hybridized carbons (Fsp3) is 0.586. The van der Waals surface area contributed by atoms with Crippen LogP contribution in [-0.2, 0) is 19.2 Å². The molecule has 2 N–H and O–H groups in total. The topological polar surface area (TPSA) is 104 Å². The fourth-order valence-electron chi connectivity index (χ4n) is 6.83. The number of nitrogens with one attached hydrogen (secondary N) is 1. The molecule has 0 aromatic carbocycles. The van der Waals surface area contributed by atoms with E-state index < -0.39 is 11.0 Å². The highest BCUT2D eigenvalue weighted by molar-refractivity contribution is 6.13. The van der Waals surface area contributed by atoms with Crippen LogP contribution in [0.15, 0.2) is 46.1 Å². The molecular weight excluding hydrogens is 456 g/mol. The lowest BCUT2D eigenvalue weighted by molar-refractivity contribution is -0.138. The van der Waals surface area contributed by atoms with Gasteiger partial charge in [0.2, 0.25) is 5.91 Å². The molecular formula is C29H36N2O5. The van der Waals surface area contributed by atoms with Crippen molar-refractivity contribution in [2.45, 2.75) is 77.7 Å². The van der Waals surface area contributed by atoms with E-state index in [4.69, 9.17) is 0 Å². The van der Waals surface area contributed by atoms with E-state index in [1.165, 1.54) is 22.6 Å². The Kier molecular flexibility index (Phi) is 6.18. The van der Waals surface area contributed by atoms with E-state index in [2.05, 4.69) is 12.2 Å². The normalized spacial score (nSPS) is 30.9. The lowest BCUT2D eigenvalue weighted by atomic mass is 9.67. The monoisotopic (exact) mass is 492 g/mol. The second-order valence-corrected chi connectivity index (χ2v) is 11.4. The van der Waals surface area contributed by atoms with E-state index in [0.29, 0.717) is 18.7 Å². The highest BCUT2D eigenvalue weighted by atomic mass is 16.3. The van der Waals surface area contributed by atoms with E-state index >= 15 is 0 Å². The van der Waals surface area contributed by atoms with E-state index in [9.17, 15) is 24.3 Å². The molecule has 0 bridgehead atoms. The van der Waals surface area contributed by atoms with Crippen LogP contribution in [0.1, 0.15) is 72.1 Å². The van der Waals surface area contributed by atoms with Crippen LogP contribution in [0.25, 0.3) is 0 Å². The summed E-state index contributed by atoms with van der Waals surface area (Å²) in [4.78, 5) is 50.7. The molecule has 7 nitrogen and oxygen atoms in total. The highest BCUT2D eigenvalue weighted by Gasteiger charge is 2.64. The first kappa shape index (κ1) is 24.9. The van der Waals surface area contributed by atoms with Crippen molar-refractivity contribution in [3.05, 3.63) is 46.1 Å². The van der Waals surface area contributed by atoms with Gasteiger partial charge in [0.05, 0.1) is 0 Å². The number of nitrogens with zero attached hydrogens (tertiary/aromatic N) is 1. The first-order valence-corrected chi connectivity index (χ1v) is 13.3. The number of imide groups is 1. The maximum atomic E-state index is 13.1. The summed E-state index contributed by atoms with van der Waals surface area (Å²) in [5.74, 6) is -0.328. The molecule has 5 aliphatic rings. The quantitative estimate of drug-likeness (QED) is 0.419. The molecule has 36 heavy (non-hydrogen) atoms. The van der Waals surface area contributed by atoms with Crippen LogP contribution in [0, 0.1) is 17.3 Å². The summed E-state index contributed by atoms with van der Waals surface area (Å²) < 4.78 is 0. The lowest BCUT2D eigenvalue weighted by Crippen LogP contribution is -2.49. The Balaban J connectivity index is 1.10. The van der Waals surface area contributed by atoms with Crippen LogP contribution in [0.5, 0.6) is 0 Å². The summed E-state index contributed by atoms with van der Waals surface area (Å²) in [6, 6.07) is 0. The number of hydrogen-bond acceptors (Lipinski definition) is 5. The minimum atomic E-state index is -1.33. The molecule has 0 aromatic heterocycles. The van der Waals surface area contributed by atoms with Gasteiger partial charge in [-0.25, -0.2) is 0 Å². The molecule has 7 heteroatoms. The molecule has 0 aromatic rings. The molecule has 0 unspecified atom stereocenters. The van der Waals surface area contributed by atoms with Crippen LogP contribution in [-0.4, -0.2) is 52.2 Å². The lowest BCUT2D eigenvalue weighted by Gasteiger charge is -2.39. The number of Topliss-reactive ketones (excluding diaryl/α,β-unsaturated/α-hetero) is 1. The number of allylic oxidation sites excluding steroid dienone is 4. The van der Waals surface area contributed by atoms with Crippen molar-refractivity contribution in [2.24, 2.45) is 17.3 Å². The Labute approximate surface area is 212 Å². The molecule has 1 heterocycles. The standard InChI is InChI=1S/C29H36N2O5/c1-17-15-22-25(18(2)29(12-13-29)28(3,36)26(22)34)21(17)5-4-14-30-27(35)20-8-6-19(7-9-20)16-31-23(32)10-11-24(31)33/h10-11,15,19-20,36H,4-9,12-14,16H2,1-3H3,(H,30,35)/t19?,20?,28-/m0/s1. The van der Waals surface area contributed by atoms with Crippen molar-refractivity contribution < 1.29 is 24.3 Å². The molecule has 0 saturated heterocycles.